The normalized spacial score (nSPS) is 14.6. The number of carbonyl (C=O) groups is 1. The molecule has 0 aliphatic heterocycles. The highest BCUT2D eigenvalue weighted by Gasteiger charge is 2.28. The Kier molecular flexibility index (Phi) is 4.95. The molecule has 0 heterocycles. The number of nitrogens with one attached hydrogen (secondary N) is 1. The summed E-state index contributed by atoms with van der Waals surface area (Å²) in [6.45, 7) is 7.80. The van der Waals surface area contributed by atoms with E-state index in [4.69, 9.17) is 10.5 Å². The minimum atomic E-state index is -0.520. The summed E-state index contributed by atoms with van der Waals surface area (Å²) in [5, 5.41) is 2.94. The summed E-state index contributed by atoms with van der Waals surface area (Å²) in [4.78, 5) is 12.0. The van der Waals surface area contributed by atoms with Gasteiger partial charge in [0.15, 0.2) is 0 Å². The van der Waals surface area contributed by atoms with E-state index in [-0.39, 0.29) is 17.4 Å². The van der Waals surface area contributed by atoms with Crippen LogP contribution in [-0.4, -0.2) is 19.1 Å². The lowest BCUT2D eigenvalue weighted by atomic mass is 9.86. The predicted molar refractivity (Wildman–Crippen MR) is 77.0 cm³/mol. The fourth-order valence-electron chi connectivity index (χ4n) is 1.67. The van der Waals surface area contributed by atoms with Crippen molar-refractivity contribution in [2.45, 2.75) is 39.8 Å². The van der Waals surface area contributed by atoms with Crippen molar-refractivity contribution in [2.24, 2.45) is 11.1 Å². The highest BCUT2D eigenvalue weighted by atomic mass is 16.5. The summed E-state index contributed by atoms with van der Waals surface area (Å²) >= 11 is 0. The summed E-state index contributed by atoms with van der Waals surface area (Å²) in [6.07, 6.45) is 0. The maximum absolute atomic E-state index is 12.0. The summed E-state index contributed by atoms with van der Waals surface area (Å²) in [5.41, 5.74) is 6.71. The average molecular weight is 264 g/mol. The maximum atomic E-state index is 12.0. The van der Waals surface area contributed by atoms with Crippen LogP contribution in [0.4, 0.5) is 0 Å². The molecular formula is C15H24N2O2. The van der Waals surface area contributed by atoms with Gasteiger partial charge >= 0.3 is 0 Å². The van der Waals surface area contributed by atoms with Crippen molar-refractivity contribution < 1.29 is 9.53 Å². The van der Waals surface area contributed by atoms with E-state index in [2.05, 4.69) is 5.32 Å². The monoisotopic (exact) mass is 264 g/mol. The lowest BCUT2D eigenvalue weighted by Gasteiger charge is -2.27. The second-order valence-electron chi connectivity index (χ2n) is 5.85. The molecular weight excluding hydrogens is 240 g/mol. The Bertz CT molecular complexity index is 421. The number of ether oxygens (including phenoxy) is 1. The fourth-order valence-corrected chi connectivity index (χ4v) is 1.67. The van der Waals surface area contributed by atoms with Crippen LogP contribution in [0.2, 0.25) is 0 Å². The zero-order valence-corrected chi connectivity index (χ0v) is 12.4. The minimum Gasteiger partial charge on any atom is -0.497 e. The molecule has 1 amide bonds. The van der Waals surface area contributed by atoms with Crippen molar-refractivity contribution >= 4 is 5.91 Å². The van der Waals surface area contributed by atoms with Crippen molar-refractivity contribution in [3.63, 3.8) is 0 Å². The molecule has 1 rings (SSSR count). The van der Waals surface area contributed by atoms with Crippen LogP contribution in [0.3, 0.4) is 0 Å². The number of amides is 1. The Morgan fingerprint density at radius 3 is 2.21 bits per heavy atom. The zero-order valence-electron chi connectivity index (χ0n) is 12.4. The number of benzene rings is 1. The van der Waals surface area contributed by atoms with Crippen LogP contribution in [0.15, 0.2) is 24.3 Å². The van der Waals surface area contributed by atoms with E-state index in [1.807, 2.05) is 52.0 Å². The molecule has 1 unspecified atom stereocenters. The third kappa shape index (κ3) is 4.24. The van der Waals surface area contributed by atoms with Gasteiger partial charge in [-0.15, -0.1) is 0 Å². The van der Waals surface area contributed by atoms with Crippen molar-refractivity contribution in [1.29, 1.82) is 0 Å². The molecule has 2 atom stereocenters. The van der Waals surface area contributed by atoms with Crippen LogP contribution in [0, 0.1) is 5.41 Å². The molecule has 19 heavy (non-hydrogen) atoms. The Balaban J connectivity index is 2.68. The Morgan fingerprint density at radius 2 is 1.79 bits per heavy atom. The second kappa shape index (κ2) is 6.06. The van der Waals surface area contributed by atoms with Crippen molar-refractivity contribution in [1.82, 2.24) is 5.32 Å². The number of rotatable bonds is 4. The van der Waals surface area contributed by atoms with Gasteiger partial charge in [0.05, 0.1) is 19.2 Å². The molecule has 1 aromatic rings. The van der Waals surface area contributed by atoms with E-state index in [0.717, 1.165) is 11.3 Å². The van der Waals surface area contributed by atoms with Crippen molar-refractivity contribution in [3.8, 4) is 5.75 Å². The minimum absolute atomic E-state index is 0.0770. The quantitative estimate of drug-likeness (QED) is 0.876. The highest BCUT2D eigenvalue weighted by molar-refractivity contribution is 5.82. The molecule has 0 spiro atoms. The van der Waals surface area contributed by atoms with Crippen LogP contribution >= 0.6 is 0 Å². The number of carbonyl (C=O) groups excluding carboxylic acids is 1. The lowest BCUT2D eigenvalue weighted by molar-refractivity contribution is -0.125. The first-order valence-corrected chi connectivity index (χ1v) is 6.45. The first kappa shape index (κ1) is 15.5. The fraction of sp³-hybridized carbons (Fsp3) is 0.533. The second-order valence-corrected chi connectivity index (χ2v) is 5.85. The van der Waals surface area contributed by atoms with Gasteiger partial charge in [-0.3, -0.25) is 4.79 Å². The Morgan fingerprint density at radius 1 is 1.26 bits per heavy atom. The molecule has 0 aliphatic carbocycles. The Hall–Kier alpha value is -1.55. The summed E-state index contributed by atoms with van der Waals surface area (Å²) in [5.74, 6) is 0.671. The molecule has 0 fully saturated rings. The third-order valence-electron chi connectivity index (χ3n) is 3.19. The van der Waals surface area contributed by atoms with Gasteiger partial charge in [0.2, 0.25) is 5.91 Å². The smallest absolute Gasteiger partial charge is 0.237 e. The van der Waals surface area contributed by atoms with Gasteiger partial charge in [0, 0.05) is 0 Å². The Labute approximate surface area is 115 Å². The SMILES string of the molecule is COc1ccc(C(C)NC(=O)[C@@H](N)C(C)(C)C)cc1. The molecule has 0 saturated heterocycles. The molecule has 0 aliphatic rings. The first-order chi connectivity index (χ1) is 8.75. The zero-order chi connectivity index (χ0) is 14.6. The predicted octanol–water partition coefficient (Wildman–Crippen LogP) is 2.25. The van der Waals surface area contributed by atoms with E-state index in [9.17, 15) is 4.79 Å². The molecule has 0 radical (unpaired) electrons. The standard InChI is InChI=1S/C15H24N2O2/c1-10(11-6-8-12(19-5)9-7-11)17-14(18)13(16)15(2,3)4/h6-10,13H,16H2,1-5H3,(H,17,18)/t10?,13-/m1/s1. The number of hydrogen-bond donors (Lipinski definition) is 2. The number of nitrogens with two attached hydrogens (primary N) is 1. The van der Waals surface area contributed by atoms with E-state index >= 15 is 0 Å². The molecule has 4 heteroatoms. The van der Waals surface area contributed by atoms with E-state index < -0.39 is 6.04 Å². The largest absolute Gasteiger partial charge is 0.497 e. The summed E-state index contributed by atoms with van der Waals surface area (Å²) in [6, 6.07) is 7.03. The lowest BCUT2D eigenvalue weighted by Crippen LogP contribution is -2.49. The van der Waals surface area contributed by atoms with Gasteiger partial charge in [-0.25, -0.2) is 0 Å². The number of methoxy groups -OCH3 is 1. The highest BCUT2D eigenvalue weighted by Crippen LogP contribution is 2.20. The topological polar surface area (TPSA) is 64.3 Å². The average Bonchev–Trinajstić information content (AvgIpc) is 2.36. The van der Waals surface area contributed by atoms with Crippen LogP contribution in [-0.2, 0) is 4.79 Å². The van der Waals surface area contributed by atoms with Gasteiger partial charge in [0.1, 0.15) is 5.75 Å². The molecule has 1 aromatic carbocycles. The van der Waals surface area contributed by atoms with Gasteiger partial charge in [-0.1, -0.05) is 32.9 Å². The molecule has 0 aromatic heterocycles. The van der Waals surface area contributed by atoms with Crippen LogP contribution in [0.5, 0.6) is 5.75 Å². The van der Waals surface area contributed by atoms with Crippen molar-refractivity contribution in [2.75, 3.05) is 7.11 Å². The molecule has 0 saturated carbocycles. The van der Waals surface area contributed by atoms with Crippen LogP contribution in [0.25, 0.3) is 0 Å². The van der Waals surface area contributed by atoms with E-state index in [1.54, 1.807) is 7.11 Å². The first-order valence-electron chi connectivity index (χ1n) is 6.45. The van der Waals surface area contributed by atoms with Crippen LogP contribution < -0.4 is 15.8 Å². The third-order valence-corrected chi connectivity index (χ3v) is 3.19. The molecule has 0 bridgehead atoms. The van der Waals surface area contributed by atoms with Gasteiger partial charge in [-0.2, -0.15) is 0 Å². The number of hydrogen-bond acceptors (Lipinski definition) is 3. The van der Waals surface area contributed by atoms with Crippen LogP contribution in [0.1, 0.15) is 39.3 Å². The van der Waals surface area contributed by atoms with Gasteiger partial charge in [0.25, 0.3) is 0 Å². The molecule has 106 valence electrons. The van der Waals surface area contributed by atoms with Gasteiger partial charge in [-0.05, 0) is 30.0 Å². The molecule has 4 nitrogen and oxygen atoms in total. The van der Waals surface area contributed by atoms with E-state index in [0.29, 0.717) is 0 Å². The van der Waals surface area contributed by atoms with Gasteiger partial charge < -0.3 is 15.8 Å². The maximum Gasteiger partial charge on any atom is 0.237 e. The van der Waals surface area contributed by atoms with E-state index in [1.165, 1.54) is 0 Å². The van der Waals surface area contributed by atoms with Crippen molar-refractivity contribution in [3.05, 3.63) is 29.8 Å². The molecule has 3 N–H and O–H groups in total. The summed E-state index contributed by atoms with van der Waals surface area (Å²) < 4.78 is 5.11. The summed E-state index contributed by atoms with van der Waals surface area (Å²) in [7, 11) is 1.63.